The average Bonchev–Trinajstić information content (AvgIpc) is 2.75. The maximum Gasteiger partial charge on any atom is 0.410 e. The van der Waals surface area contributed by atoms with Crippen LogP contribution in [0.5, 0.6) is 0 Å². The SMILES string of the molecule is Cc1cc(C)c(S(=O)(=O)N2CCCN(C(=O)OC(C)(C)C)CC2)cc1C. The van der Waals surface area contributed by atoms with Crippen molar-refractivity contribution in [1.82, 2.24) is 9.21 Å². The van der Waals surface area contributed by atoms with E-state index in [-0.39, 0.29) is 12.6 Å². The predicted molar refractivity (Wildman–Crippen MR) is 102 cm³/mol. The summed E-state index contributed by atoms with van der Waals surface area (Å²) in [5.41, 5.74) is 2.22. The minimum absolute atomic E-state index is 0.272. The van der Waals surface area contributed by atoms with Gasteiger partial charge in [-0.3, -0.25) is 0 Å². The lowest BCUT2D eigenvalue weighted by molar-refractivity contribution is 0.0260. The van der Waals surface area contributed by atoms with Crippen LogP contribution in [0.1, 0.15) is 43.9 Å². The van der Waals surface area contributed by atoms with E-state index in [4.69, 9.17) is 4.74 Å². The summed E-state index contributed by atoms with van der Waals surface area (Å²) in [7, 11) is -3.59. The number of hydrogen-bond donors (Lipinski definition) is 0. The second kappa shape index (κ2) is 7.56. The number of carbonyl (C=O) groups excluding carboxylic acids is 1. The lowest BCUT2D eigenvalue weighted by Crippen LogP contribution is -2.40. The number of benzene rings is 1. The summed E-state index contributed by atoms with van der Waals surface area (Å²) in [5, 5.41) is 0. The molecule has 0 bridgehead atoms. The van der Waals surface area contributed by atoms with Gasteiger partial charge in [-0.05, 0) is 70.7 Å². The third kappa shape index (κ3) is 4.76. The summed E-state index contributed by atoms with van der Waals surface area (Å²) in [6.07, 6.45) is 0.196. The highest BCUT2D eigenvalue weighted by atomic mass is 32.2. The zero-order valence-electron chi connectivity index (χ0n) is 16.6. The first kappa shape index (κ1) is 20.7. The highest BCUT2D eigenvalue weighted by Crippen LogP contribution is 2.24. The molecule has 1 aliphatic heterocycles. The lowest BCUT2D eigenvalue weighted by Gasteiger charge is -2.26. The fourth-order valence-electron chi connectivity index (χ4n) is 2.99. The smallest absolute Gasteiger partial charge is 0.410 e. The second-order valence-corrected chi connectivity index (χ2v) is 9.83. The maximum absolute atomic E-state index is 13.1. The molecule has 26 heavy (non-hydrogen) atoms. The Kier molecular flexibility index (Phi) is 6.02. The lowest BCUT2D eigenvalue weighted by atomic mass is 10.1. The van der Waals surface area contributed by atoms with Crippen LogP contribution in [0.3, 0.4) is 0 Å². The van der Waals surface area contributed by atoms with Crippen molar-refractivity contribution in [3.8, 4) is 0 Å². The summed E-state index contributed by atoms with van der Waals surface area (Å²) in [5.74, 6) is 0. The molecule has 0 radical (unpaired) electrons. The number of rotatable bonds is 2. The molecule has 1 aromatic carbocycles. The van der Waals surface area contributed by atoms with Gasteiger partial charge in [0.25, 0.3) is 0 Å². The molecule has 2 rings (SSSR count). The first-order valence-corrected chi connectivity index (χ1v) is 10.4. The van der Waals surface area contributed by atoms with Crippen LogP contribution in [0, 0.1) is 20.8 Å². The summed E-state index contributed by atoms with van der Waals surface area (Å²) in [6.45, 7) is 12.7. The third-order valence-corrected chi connectivity index (χ3v) is 6.56. The highest BCUT2D eigenvalue weighted by Gasteiger charge is 2.31. The fourth-order valence-corrected chi connectivity index (χ4v) is 4.76. The van der Waals surface area contributed by atoms with Crippen LogP contribution in [0.25, 0.3) is 0 Å². The van der Waals surface area contributed by atoms with E-state index in [2.05, 4.69) is 0 Å². The van der Waals surface area contributed by atoms with Gasteiger partial charge >= 0.3 is 6.09 Å². The Morgan fingerprint density at radius 1 is 0.962 bits per heavy atom. The van der Waals surface area contributed by atoms with Gasteiger partial charge < -0.3 is 9.64 Å². The Morgan fingerprint density at radius 3 is 2.19 bits per heavy atom. The number of sulfonamides is 1. The van der Waals surface area contributed by atoms with Crippen LogP contribution >= 0.6 is 0 Å². The first-order valence-electron chi connectivity index (χ1n) is 8.98. The van der Waals surface area contributed by atoms with Crippen LogP contribution in [0.2, 0.25) is 0 Å². The number of carbonyl (C=O) groups is 1. The van der Waals surface area contributed by atoms with Crippen LogP contribution in [-0.4, -0.2) is 55.5 Å². The molecule has 1 saturated heterocycles. The number of amides is 1. The molecule has 6 nitrogen and oxygen atoms in total. The molecule has 7 heteroatoms. The molecule has 0 aromatic heterocycles. The van der Waals surface area contributed by atoms with E-state index >= 15 is 0 Å². The number of ether oxygens (including phenoxy) is 1. The van der Waals surface area contributed by atoms with E-state index < -0.39 is 15.6 Å². The number of hydrogen-bond acceptors (Lipinski definition) is 4. The van der Waals surface area contributed by atoms with Crippen LogP contribution < -0.4 is 0 Å². The molecule has 0 atom stereocenters. The first-order chi connectivity index (χ1) is 11.9. The van der Waals surface area contributed by atoms with Gasteiger partial charge in [-0.1, -0.05) is 6.07 Å². The molecule has 1 aromatic rings. The van der Waals surface area contributed by atoms with Crippen molar-refractivity contribution >= 4 is 16.1 Å². The molecule has 0 N–H and O–H groups in total. The molecule has 146 valence electrons. The van der Waals surface area contributed by atoms with Gasteiger partial charge in [-0.25, -0.2) is 13.2 Å². The van der Waals surface area contributed by atoms with Crippen LogP contribution in [-0.2, 0) is 14.8 Å². The molecule has 0 unspecified atom stereocenters. The van der Waals surface area contributed by atoms with E-state index in [9.17, 15) is 13.2 Å². The van der Waals surface area contributed by atoms with Gasteiger partial charge in [0.1, 0.15) is 5.60 Å². The van der Waals surface area contributed by atoms with Crippen molar-refractivity contribution in [3.05, 3.63) is 28.8 Å². The summed E-state index contributed by atoms with van der Waals surface area (Å²) >= 11 is 0. The number of aryl methyl sites for hydroxylation is 3. The largest absolute Gasteiger partial charge is 0.444 e. The molecule has 0 aliphatic carbocycles. The van der Waals surface area contributed by atoms with E-state index in [1.807, 2.05) is 47.6 Å². The van der Waals surface area contributed by atoms with E-state index in [0.29, 0.717) is 31.0 Å². The predicted octanol–water partition coefficient (Wildman–Crippen LogP) is 3.24. The fraction of sp³-hybridized carbons (Fsp3) is 0.632. The van der Waals surface area contributed by atoms with Gasteiger partial charge in [0, 0.05) is 26.2 Å². The summed E-state index contributed by atoms with van der Waals surface area (Å²) in [4.78, 5) is 14.2. The quantitative estimate of drug-likeness (QED) is 0.787. The van der Waals surface area contributed by atoms with Gasteiger partial charge in [-0.2, -0.15) is 4.31 Å². The zero-order chi connectivity index (χ0) is 19.7. The topological polar surface area (TPSA) is 66.9 Å². The molecule has 0 spiro atoms. The van der Waals surface area contributed by atoms with Crippen molar-refractivity contribution in [2.75, 3.05) is 26.2 Å². The molecular weight excluding hydrogens is 352 g/mol. The van der Waals surface area contributed by atoms with E-state index in [1.165, 1.54) is 4.31 Å². The van der Waals surface area contributed by atoms with Crippen molar-refractivity contribution in [3.63, 3.8) is 0 Å². The molecule has 1 fully saturated rings. The second-order valence-electron chi connectivity index (χ2n) is 7.93. The monoisotopic (exact) mass is 382 g/mol. The minimum Gasteiger partial charge on any atom is -0.444 e. The maximum atomic E-state index is 13.1. The Labute approximate surface area is 157 Å². The van der Waals surface area contributed by atoms with Crippen molar-refractivity contribution in [2.45, 2.75) is 58.5 Å². The summed E-state index contributed by atoms with van der Waals surface area (Å²) < 4.78 is 33.1. The Balaban J connectivity index is 2.18. The third-order valence-electron chi connectivity index (χ3n) is 4.52. The Hall–Kier alpha value is -1.60. The minimum atomic E-state index is -3.59. The average molecular weight is 383 g/mol. The molecule has 1 amide bonds. The van der Waals surface area contributed by atoms with Crippen molar-refractivity contribution in [2.24, 2.45) is 0 Å². The number of nitrogens with zero attached hydrogens (tertiary/aromatic N) is 2. The van der Waals surface area contributed by atoms with Gasteiger partial charge in [0.05, 0.1) is 4.90 Å². The highest BCUT2D eigenvalue weighted by molar-refractivity contribution is 7.89. The van der Waals surface area contributed by atoms with Gasteiger partial charge in [0.2, 0.25) is 10.0 Å². The molecule has 0 saturated carbocycles. The molecule has 1 aliphatic rings. The van der Waals surface area contributed by atoms with Crippen LogP contribution in [0.4, 0.5) is 4.79 Å². The van der Waals surface area contributed by atoms with Crippen molar-refractivity contribution in [1.29, 1.82) is 0 Å². The standard InChI is InChI=1S/C19H30N2O4S/c1-14-12-16(3)17(13-15(14)2)26(23,24)21-9-7-8-20(10-11-21)18(22)25-19(4,5)6/h12-13H,7-11H2,1-6H3. The van der Waals surface area contributed by atoms with E-state index in [0.717, 1.165) is 16.7 Å². The van der Waals surface area contributed by atoms with Gasteiger partial charge in [-0.15, -0.1) is 0 Å². The molecular formula is C19H30N2O4S. The Morgan fingerprint density at radius 2 is 1.58 bits per heavy atom. The normalized spacial score (nSPS) is 17.1. The zero-order valence-corrected chi connectivity index (χ0v) is 17.4. The Bertz CT molecular complexity index is 781. The van der Waals surface area contributed by atoms with Crippen molar-refractivity contribution < 1.29 is 17.9 Å². The van der Waals surface area contributed by atoms with Gasteiger partial charge in [0.15, 0.2) is 0 Å². The van der Waals surface area contributed by atoms with E-state index in [1.54, 1.807) is 11.0 Å². The molecule has 1 heterocycles. The summed E-state index contributed by atoms with van der Waals surface area (Å²) in [6, 6.07) is 3.66. The van der Waals surface area contributed by atoms with Crippen LogP contribution in [0.15, 0.2) is 17.0 Å².